The maximum atomic E-state index is 14.3. The van der Waals surface area contributed by atoms with Gasteiger partial charge in [0.05, 0.1) is 17.8 Å². The first-order valence-corrected chi connectivity index (χ1v) is 10.7. The van der Waals surface area contributed by atoms with Crippen molar-refractivity contribution in [2.75, 3.05) is 18.0 Å². The first-order valence-electron chi connectivity index (χ1n) is 9.82. The van der Waals surface area contributed by atoms with Crippen LogP contribution in [-0.2, 0) is 11.2 Å². The number of thioether (sulfide) groups is 1. The topological polar surface area (TPSA) is 126 Å². The smallest absolute Gasteiger partial charge is 0.237 e. The van der Waals surface area contributed by atoms with E-state index >= 15 is 0 Å². The molecule has 0 aliphatic carbocycles. The van der Waals surface area contributed by atoms with Crippen molar-refractivity contribution in [2.24, 2.45) is 11.5 Å². The van der Waals surface area contributed by atoms with Gasteiger partial charge in [-0.1, -0.05) is 18.7 Å². The van der Waals surface area contributed by atoms with Gasteiger partial charge in [0.25, 0.3) is 0 Å². The lowest BCUT2D eigenvalue weighted by Gasteiger charge is -2.32. The zero-order valence-corrected chi connectivity index (χ0v) is 17.8. The number of hydrogen-bond acceptors (Lipinski definition) is 7. The molecule has 0 saturated carbocycles. The number of halogens is 1. The van der Waals surface area contributed by atoms with Gasteiger partial charge >= 0.3 is 0 Å². The van der Waals surface area contributed by atoms with Crippen LogP contribution in [0.15, 0.2) is 23.4 Å². The number of nitrogens with two attached hydrogens (primary N) is 2. The predicted octanol–water partition coefficient (Wildman–Crippen LogP) is 2.85. The van der Waals surface area contributed by atoms with Gasteiger partial charge in [-0.3, -0.25) is 9.78 Å². The van der Waals surface area contributed by atoms with Crippen LogP contribution in [0.1, 0.15) is 41.8 Å². The molecule has 1 unspecified atom stereocenters. The van der Waals surface area contributed by atoms with Gasteiger partial charge in [-0.05, 0) is 37.0 Å². The summed E-state index contributed by atoms with van der Waals surface area (Å²) in [6, 6.07) is 4.81. The molecule has 3 heterocycles. The standard InChI is InChI=1S/C21H22FN7OS/c1-3-13-14(11-23)21(31-18(19(25)30)17-15(22)5-4-8-27-17)28-20(16(13)26-2)29-9-6-12(24)7-10-29/h4-5,8,12,18H,3,6-7,9-10,24H2,1H3,(H2,25,30). The maximum absolute atomic E-state index is 14.3. The van der Waals surface area contributed by atoms with E-state index < -0.39 is 17.0 Å². The van der Waals surface area contributed by atoms with E-state index in [-0.39, 0.29) is 22.3 Å². The van der Waals surface area contributed by atoms with Crippen molar-refractivity contribution in [3.05, 3.63) is 52.4 Å². The van der Waals surface area contributed by atoms with Crippen molar-refractivity contribution in [3.63, 3.8) is 0 Å². The number of rotatable bonds is 6. The highest BCUT2D eigenvalue weighted by atomic mass is 32.2. The van der Waals surface area contributed by atoms with E-state index in [0.717, 1.165) is 24.6 Å². The molecule has 0 aromatic carbocycles. The fourth-order valence-electron chi connectivity index (χ4n) is 3.53. The van der Waals surface area contributed by atoms with Crippen molar-refractivity contribution < 1.29 is 9.18 Å². The number of primary amides is 1. The molecule has 0 spiro atoms. The van der Waals surface area contributed by atoms with E-state index in [1.165, 1.54) is 18.3 Å². The van der Waals surface area contributed by atoms with Crippen LogP contribution in [0.3, 0.4) is 0 Å². The second kappa shape index (κ2) is 9.73. The zero-order valence-electron chi connectivity index (χ0n) is 17.0. The molecule has 1 fully saturated rings. The summed E-state index contributed by atoms with van der Waals surface area (Å²) < 4.78 is 14.3. The van der Waals surface area contributed by atoms with E-state index in [2.05, 4.69) is 20.9 Å². The molecule has 1 saturated heterocycles. The van der Waals surface area contributed by atoms with Crippen LogP contribution >= 0.6 is 11.8 Å². The summed E-state index contributed by atoms with van der Waals surface area (Å²) in [5.74, 6) is -1.02. The molecule has 1 amide bonds. The summed E-state index contributed by atoms with van der Waals surface area (Å²) >= 11 is 0.878. The number of aromatic nitrogens is 2. The number of nitrogens with zero attached hydrogens (tertiary/aromatic N) is 5. The molecule has 1 atom stereocenters. The highest BCUT2D eigenvalue weighted by Crippen LogP contribution is 2.43. The van der Waals surface area contributed by atoms with E-state index in [0.29, 0.717) is 36.6 Å². The average Bonchev–Trinajstić information content (AvgIpc) is 2.77. The molecule has 0 bridgehead atoms. The van der Waals surface area contributed by atoms with Gasteiger partial charge < -0.3 is 16.4 Å². The highest BCUT2D eigenvalue weighted by molar-refractivity contribution is 8.00. The quantitative estimate of drug-likeness (QED) is 0.523. The summed E-state index contributed by atoms with van der Waals surface area (Å²) in [4.78, 5) is 26.4. The molecule has 1 aliphatic heterocycles. The highest BCUT2D eigenvalue weighted by Gasteiger charge is 2.30. The Morgan fingerprint density at radius 3 is 2.77 bits per heavy atom. The Balaban J connectivity index is 2.13. The first kappa shape index (κ1) is 22.5. The third-order valence-electron chi connectivity index (χ3n) is 5.16. The largest absolute Gasteiger partial charge is 0.368 e. The van der Waals surface area contributed by atoms with Crippen molar-refractivity contribution in [1.82, 2.24) is 9.97 Å². The lowest BCUT2D eigenvalue weighted by Crippen LogP contribution is -2.40. The van der Waals surface area contributed by atoms with Crippen molar-refractivity contribution in [1.29, 1.82) is 5.26 Å². The number of carbonyl (C=O) groups excluding carboxylic acids is 1. The Hall–Kier alpha value is -3.21. The Bertz CT molecular complexity index is 1070. The summed E-state index contributed by atoms with van der Waals surface area (Å²) in [5, 5.41) is 8.87. The minimum absolute atomic E-state index is 0.0943. The van der Waals surface area contributed by atoms with Gasteiger partial charge in [-0.2, -0.15) is 5.26 Å². The molecule has 8 nitrogen and oxygen atoms in total. The van der Waals surface area contributed by atoms with Gasteiger partial charge in [0.15, 0.2) is 0 Å². The van der Waals surface area contributed by atoms with E-state index in [1.807, 2.05) is 11.8 Å². The lowest BCUT2D eigenvalue weighted by molar-refractivity contribution is -0.117. The number of nitriles is 1. The maximum Gasteiger partial charge on any atom is 0.237 e. The van der Waals surface area contributed by atoms with Crippen molar-refractivity contribution in [2.45, 2.75) is 42.5 Å². The minimum Gasteiger partial charge on any atom is -0.368 e. The number of pyridine rings is 2. The third kappa shape index (κ3) is 4.61. The molecule has 160 valence electrons. The normalized spacial score (nSPS) is 15.2. The molecule has 2 aromatic heterocycles. The average molecular weight is 440 g/mol. The fraction of sp³-hybridized carbons (Fsp3) is 0.381. The molecular weight excluding hydrogens is 417 g/mol. The Labute approximate surface area is 184 Å². The van der Waals surface area contributed by atoms with Crippen LogP contribution < -0.4 is 16.4 Å². The summed E-state index contributed by atoms with van der Waals surface area (Å²) in [6.07, 6.45) is 3.31. The molecule has 1 aliphatic rings. The van der Waals surface area contributed by atoms with Gasteiger partial charge in [0.1, 0.15) is 28.0 Å². The van der Waals surface area contributed by atoms with Gasteiger partial charge in [0.2, 0.25) is 11.6 Å². The number of anilines is 1. The number of piperidine rings is 1. The molecule has 4 N–H and O–H groups in total. The fourth-order valence-corrected chi connectivity index (χ4v) is 4.58. The van der Waals surface area contributed by atoms with Gasteiger partial charge in [-0.15, -0.1) is 0 Å². The SMILES string of the molecule is [C-]#[N+]c1c(N2CCC(N)CC2)nc(SC(C(N)=O)c2ncccc2F)c(C#N)c1CC. The molecular formula is C21H22FN7OS. The van der Waals surface area contributed by atoms with Gasteiger partial charge in [0, 0.05) is 25.3 Å². The van der Waals surface area contributed by atoms with Crippen LogP contribution in [-0.4, -0.2) is 35.0 Å². The first-order chi connectivity index (χ1) is 14.9. The van der Waals surface area contributed by atoms with Crippen LogP contribution in [0.5, 0.6) is 0 Å². The number of carbonyl (C=O) groups is 1. The Kier molecular flexibility index (Phi) is 7.06. The zero-order chi connectivity index (χ0) is 22.5. The monoisotopic (exact) mass is 439 g/mol. The van der Waals surface area contributed by atoms with Crippen LogP contribution in [0, 0.1) is 23.7 Å². The van der Waals surface area contributed by atoms with Crippen LogP contribution in [0.2, 0.25) is 0 Å². The Morgan fingerprint density at radius 2 is 2.23 bits per heavy atom. The van der Waals surface area contributed by atoms with E-state index in [9.17, 15) is 14.4 Å². The van der Waals surface area contributed by atoms with E-state index in [4.69, 9.17) is 18.0 Å². The van der Waals surface area contributed by atoms with E-state index in [1.54, 1.807) is 0 Å². The number of amides is 1. The van der Waals surface area contributed by atoms with Crippen molar-refractivity contribution >= 4 is 29.2 Å². The lowest BCUT2D eigenvalue weighted by atomic mass is 10.0. The second-order valence-corrected chi connectivity index (χ2v) is 8.21. The molecule has 2 aromatic rings. The second-order valence-electron chi connectivity index (χ2n) is 7.12. The minimum atomic E-state index is -1.17. The predicted molar refractivity (Wildman–Crippen MR) is 116 cm³/mol. The number of hydrogen-bond donors (Lipinski definition) is 2. The van der Waals surface area contributed by atoms with Crippen molar-refractivity contribution in [3.8, 4) is 6.07 Å². The summed E-state index contributed by atoms with van der Waals surface area (Å²) in [5.41, 5.74) is 12.5. The molecule has 31 heavy (non-hydrogen) atoms. The van der Waals surface area contributed by atoms with Crippen LogP contribution in [0.4, 0.5) is 15.9 Å². The molecule has 10 heteroatoms. The molecule has 3 rings (SSSR count). The Morgan fingerprint density at radius 1 is 1.52 bits per heavy atom. The molecule has 0 radical (unpaired) electrons. The van der Waals surface area contributed by atoms with Gasteiger partial charge in [-0.25, -0.2) is 14.2 Å². The van der Waals surface area contributed by atoms with Crippen LogP contribution in [0.25, 0.3) is 4.85 Å². The third-order valence-corrected chi connectivity index (χ3v) is 6.37. The summed E-state index contributed by atoms with van der Waals surface area (Å²) in [7, 11) is 0. The summed E-state index contributed by atoms with van der Waals surface area (Å²) in [6.45, 7) is 10.8.